The quantitative estimate of drug-likeness (QED) is 0.400. The Balaban J connectivity index is 2.00. The number of hydrogen-bond acceptors (Lipinski definition) is 3. The van der Waals surface area contributed by atoms with Gasteiger partial charge in [0.25, 0.3) is 0 Å². The molecule has 0 saturated carbocycles. The van der Waals surface area contributed by atoms with E-state index in [0.717, 1.165) is 24.3 Å². The third-order valence-corrected chi connectivity index (χ3v) is 6.16. The van der Waals surface area contributed by atoms with Gasteiger partial charge in [0.05, 0.1) is 29.2 Å². The minimum atomic E-state index is -4.56. The summed E-state index contributed by atoms with van der Waals surface area (Å²) in [6.45, 7) is 3.58. The molecular weight excluding hydrogens is 453 g/mol. The van der Waals surface area contributed by atoms with E-state index in [1.54, 1.807) is 13.8 Å². The Morgan fingerprint density at radius 3 is 2.06 bits per heavy atom. The monoisotopic (exact) mass is 477 g/mol. The largest absolute Gasteiger partial charge is 0.416 e. The standard InChI is InChI=1S/C26H24F5NO2/c1-13(2)24-22(23(28)15-3-7-16(8-4-15)26(29,30)31)20(14-5-9-17(27)10-6-14)21-18(33)11-12-19(34)25(21)32-24/h3-10,13,18-19,23,33-34H,11-12H2,1-2H3. The Hall–Kier alpha value is -2.84. The normalized spacial score (nSPS) is 19.2. The summed E-state index contributed by atoms with van der Waals surface area (Å²) in [5.74, 6) is -0.809. The van der Waals surface area contributed by atoms with E-state index < -0.39 is 35.9 Å². The topological polar surface area (TPSA) is 53.4 Å². The Labute approximate surface area is 193 Å². The van der Waals surface area contributed by atoms with Crippen LogP contribution in [-0.2, 0) is 6.18 Å². The van der Waals surface area contributed by atoms with E-state index in [0.29, 0.717) is 11.3 Å². The molecule has 34 heavy (non-hydrogen) atoms. The first kappa shape index (κ1) is 24.3. The highest BCUT2D eigenvalue weighted by atomic mass is 19.4. The smallest absolute Gasteiger partial charge is 0.388 e. The van der Waals surface area contributed by atoms with Crippen molar-refractivity contribution >= 4 is 0 Å². The van der Waals surface area contributed by atoms with Gasteiger partial charge < -0.3 is 10.2 Å². The van der Waals surface area contributed by atoms with Crippen molar-refractivity contribution in [1.29, 1.82) is 0 Å². The highest BCUT2D eigenvalue weighted by Crippen LogP contribution is 2.48. The van der Waals surface area contributed by atoms with Crippen LogP contribution >= 0.6 is 0 Å². The van der Waals surface area contributed by atoms with Gasteiger partial charge >= 0.3 is 6.18 Å². The molecule has 0 radical (unpaired) electrons. The van der Waals surface area contributed by atoms with Crippen LogP contribution < -0.4 is 0 Å². The summed E-state index contributed by atoms with van der Waals surface area (Å²) >= 11 is 0. The van der Waals surface area contributed by atoms with Crippen LogP contribution in [0.25, 0.3) is 11.1 Å². The van der Waals surface area contributed by atoms with E-state index in [1.165, 1.54) is 24.3 Å². The van der Waals surface area contributed by atoms with E-state index >= 15 is 4.39 Å². The Bertz CT molecular complexity index is 1170. The molecule has 0 saturated heterocycles. The number of fused-ring (bicyclic) bond motifs is 1. The van der Waals surface area contributed by atoms with Gasteiger partial charge in [0, 0.05) is 11.1 Å². The third kappa shape index (κ3) is 4.44. The molecule has 8 heteroatoms. The summed E-state index contributed by atoms with van der Waals surface area (Å²) in [5.41, 5.74) is 0.711. The summed E-state index contributed by atoms with van der Waals surface area (Å²) in [4.78, 5) is 4.55. The number of pyridine rings is 1. The fourth-order valence-electron chi connectivity index (χ4n) is 4.47. The molecule has 3 unspecified atom stereocenters. The van der Waals surface area contributed by atoms with E-state index in [1.807, 2.05) is 0 Å². The molecule has 0 amide bonds. The second kappa shape index (κ2) is 9.07. The van der Waals surface area contributed by atoms with Crippen LogP contribution in [0.3, 0.4) is 0 Å². The van der Waals surface area contributed by atoms with Gasteiger partial charge in [0.1, 0.15) is 5.82 Å². The average molecular weight is 477 g/mol. The highest BCUT2D eigenvalue weighted by molar-refractivity contribution is 5.75. The van der Waals surface area contributed by atoms with Crippen LogP contribution in [0.15, 0.2) is 48.5 Å². The number of benzene rings is 2. The number of aliphatic hydroxyl groups is 2. The van der Waals surface area contributed by atoms with Gasteiger partial charge in [-0.3, -0.25) is 4.98 Å². The lowest BCUT2D eigenvalue weighted by atomic mass is 9.79. The number of hydrogen-bond donors (Lipinski definition) is 2. The van der Waals surface area contributed by atoms with Gasteiger partial charge in [-0.05, 0) is 59.7 Å². The van der Waals surface area contributed by atoms with E-state index in [4.69, 9.17) is 0 Å². The average Bonchev–Trinajstić information content (AvgIpc) is 2.80. The molecule has 1 aliphatic rings. The molecule has 0 spiro atoms. The first-order valence-electron chi connectivity index (χ1n) is 11.0. The number of aromatic nitrogens is 1. The number of nitrogens with zero attached hydrogens (tertiary/aromatic N) is 1. The molecule has 3 nitrogen and oxygen atoms in total. The van der Waals surface area contributed by atoms with Crippen molar-refractivity contribution in [2.75, 3.05) is 0 Å². The zero-order chi connectivity index (χ0) is 24.8. The number of rotatable bonds is 4. The van der Waals surface area contributed by atoms with Crippen LogP contribution in [0.4, 0.5) is 22.0 Å². The van der Waals surface area contributed by atoms with Crippen molar-refractivity contribution in [3.8, 4) is 11.1 Å². The van der Waals surface area contributed by atoms with E-state index in [-0.39, 0.29) is 46.7 Å². The van der Waals surface area contributed by atoms with Crippen molar-refractivity contribution < 1.29 is 32.2 Å². The Kier molecular flexibility index (Phi) is 6.48. The van der Waals surface area contributed by atoms with Gasteiger partial charge in [-0.1, -0.05) is 38.1 Å². The summed E-state index contributed by atoms with van der Waals surface area (Å²) in [7, 11) is 0. The second-order valence-electron chi connectivity index (χ2n) is 8.84. The van der Waals surface area contributed by atoms with Crippen molar-refractivity contribution in [2.45, 2.75) is 57.2 Å². The third-order valence-electron chi connectivity index (χ3n) is 6.16. The van der Waals surface area contributed by atoms with Gasteiger partial charge in [0.15, 0.2) is 6.17 Å². The van der Waals surface area contributed by atoms with E-state index in [2.05, 4.69) is 4.98 Å². The van der Waals surface area contributed by atoms with Gasteiger partial charge in [0.2, 0.25) is 0 Å². The molecule has 0 bridgehead atoms. The predicted molar refractivity (Wildman–Crippen MR) is 117 cm³/mol. The molecule has 0 aliphatic heterocycles. The molecule has 1 aromatic heterocycles. The lowest BCUT2D eigenvalue weighted by Gasteiger charge is -2.32. The Morgan fingerprint density at radius 2 is 1.50 bits per heavy atom. The summed E-state index contributed by atoms with van der Waals surface area (Å²) in [6.07, 6.45) is -7.93. The molecule has 1 aliphatic carbocycles. The fourth-order valence-corrected chi connectivity index (χ4v) is 4.47. The second-order valence-corrected chi connectivity index (χ2v) is 8.84. The summed E-state index contributed by atoms with van der Waals surface area (Å²) < 4.78 is 68.9. The van der Waals surface area contributed by atoms with E-state index in [9.17, 15) is 27.8 Å². The minimum Gasteiger partial charge on any atom is -0.388 e. The van der Waals surface area contributed by atoms with Crippen LogP contribution in [-0.4, -0.2) is 15.2 Å². The van der Waals surface area contributed by atoms with Crippen LogP contribution in [0.1, 0.15) is 84.6 Å². The van der Waals surface area contributed by atoms with Crippen LogP contribution in [0.5, 0.6) is 0 Å². The molecule has 180 valence electrons. The first-order chi connectivity index (χ1) is 16.0. The minimum absolute atomic E-state index is 0.00846. The molecule has 4 rings (SSSR count). The maximum absolute atomic E-state index is 16.2. The first-order valence-corrected chi connectivity index (χ1v) is 11.0. The van der Waals surface area contributed by atoms with Crippen LogP contribution in [0, 0.1) is 5.82 Å². The highest BCUT2D eigenvalue weighted by Gasteiger charge is 2.36. The van der Waals surface area contributed by atoms with Crippen molar-refractivity contribution in [2.24, 2.45) is 0 Å². The molecule has 2 N–H and O–H groups in total. The zero-order valence-corrected chi connectivity index (χ0v) is 18.6. The molecule has 1 heterocycles. The van der Waals surface area contributed by atoms with Crippen LogP contribution in [0.2, 0.25) is 0 Å². The molecule has 2 aromatic carbocycles. The summed E-state index contributed by atoms with van der Waals surface area (Å²) in [6, 6.07) is 9.11. The Morgan fingerprint density at radius 1 is 0.912 bits per heavy atom. The molecule has 3 atom stereocenters. The SMILES string of the molecule is CC(C)c1nc2c(c(-c3ccc(F)cc3)c1C(F)c1ccc(C(F)(F)F)cc1)C(O)CCC2O. The lowest BCUT2D eigenvalue weighted by molar-refractivity contribution is -0.137. The molecule has 3 aromatic rings. The summed E-state index contributed by atoms with van der Waals surface area (Å²) in [5, 5.41) is 21.5. The van der Waals surface area contributed by atoms with Crippen molar-refractivity contribution in [1.82, 2.24) is 4.98 Å². The van der Waals surface area contributed by atoms with Crippen molar-refractivity contribution in [3.63, 3.8) is 0 Å². The molecular formula is C26H24F5NO2. The maximum atomic E-state index is 16.2. The number of halogens is 5. The fraction of sp³-hybridized carbons (Fsp3) is 0.346. The number of alkyl halides is 4. The van der Waals surface area contributed by atoms with Crippen molar-refractivity contribution in [3.05, 3.63) is 88.0 Å². The van der Waals surface area contributed by atoms with Gasteiger partial charge in [-0.25, -0.2) is 8.78 Å². The lowest BCUT2D eigenvalue weighted by Crippen LogP contribution is -2.21. The number of aliphatic hydroxyl groups excluding tert-OH is 2. The van der Waals surface area contributed by atoms with Gasteiger partial charge in [-0.2, -0.15) is 13.2 Å². The molecule has 0 fully saturated rings. The predicted octanol–water partition coefficient (Wildman–Crippen LogP) is 6.95. The van der Waals surface area contributed by atoms with Gasteiger partial charge in [-0.15, -0.1) is 0 Å². The maximum Gasteiger partial charge on any atom is 0.416 e. The zero-order valence-electron chi connectivity index (χ0n) is 18.6.